The average Bonchev–Trinajstić information content (AvgIpc) is 2.38. The highest BCUT2D eigenvalue weighted by molar-refractivity contribution is 14.0. The van der Waals surface area contributed by atoms with Crippen molar-refractivity contribution in [3.8, 4) is 5.88 Å². The van der Waals surface area contributed by atoms with Crippen molar-refractivity contribution in [2.75, 3.05) is 26.2 Å². The number of pyridine rings is 1. The monoisotopic (exact) mass is 398 g/mol. The lowest BCUT2D eigenvalue weighted by molar-refractivity contribution is 0.315. The van der Waals surface area contributed by atoms with E-state index in [-0.39, 0.29) is 24.0 Å². The zero-order valence-corrected chi connectivity index (χ0v) is 14.3. The molecule has 0 aliphatic heterocycles. The molecule has 0 atom stereocenters. The maximum Gasteiger partial charge on any atom is 0.232 e. The van der Waals surface area contributed by atoms with Gasteiger partial charge in [-0.15, -0.1) is 24.0 Å². The minimum absolute atomic E-state index is 0. The van der Waals surface area contributed by atoms with Crippen LogP contribution in [0.4, 0.5) is 0 Å². The molecular weight excluding hydrogens is 379 g/mol. The predicted octanol–water partition coefficient (Wildman–Crippen LogP) is 2.39. The molecule has 0 amide bonds. The summed E-state index contributed by atoms with van der Waals surface area (Å²) < 4.78 is 5.41. The third-order valence-corrected chi connectivity index (χ3v) is 2.70. The van der Waals surface area contributed by atoms with E-state index in [1.165, 1.54) is 0 Å². The first-order chi connectivity index (χ1) is 8.69. The molecule has 0 unspecified atom stereocenters. The average molecular weight is 399 g/mol. The fourth-order valence-electron chi connectivity index (χ4n) is 1.43. The van der Waals surface area contributed by atoms with E-state index in [0.717, 1.165) is 13.1 Å². The van der Waals surface area contributed by atoms with Crippen LogP contribution in [0.2, 0.25) is 5.02 Å². The van der Waals surface area contributed by atoms with Crippen molar-refractivity contribution in [3.63, 3.8) is 0 Å². The zero-order valence-electron chi connectivity index (χ0n) is 11.2. The van der Waals surface area contributed by atoms with Gasteiger partial charge in [0.25, 0.3) is 0 Å². The van der Waals surface area contributed by atoms with Crippen LogP contribution in [0.5, 0.6) is 5.88 Å². The molecule has 2 N–H and O–H groups in total. The van der Waals surface area contributed by atoms with E-state index in [2.05, 4.69) is 9.98 Å². The first-order valence-electron chi connectivity index (χ1n) is 5.97. The van der Waals surface area contributed by atoms with Gasteiger partial charge in [-0.25, -0.2) is 9.98 Å². The van der Waals surface area contributed by atoms with E-state index in [1.807, 2.05) is 18.7 Å². The van der Waals surface area contributed by atoms with Gasteiger partial charge in [-0.1, -0.05) is 11.6 Å². The Morgan fingerprint density at radius 3 is 2.74 bits per heavy atom. The molecule has 5 nitrogen and oxygen atoms in total. The van der Waals surface area contributed by atoms with Crippen LogP contribution in [0.25, 0.3) is 0 Å². The minimum atomic E-state index is 0. The molecule has 1 rings (SSSR count). The van der Waals surface area contributed by atoms with Crippen molar-refractivity contribution in [2.24, 2.45) is 10.7 Å². The molecule has 1 heterocycles. The predicted molar refractivity (Wildman–Crippen MR) is 89.6 cm³/mol. The number of nitrogens with two attached hydrogens (primary N) is 1. The summed E-state index contributed by atoms with van der Waals surface area (Å²) in [7, 11) is 0. The fourth-order valence-corrected chi connectivity index (χ4v) is 1.60. The molecule has 0 saturated carbocycles. The first-order valence-corrected chi connectivity index (χ1v) is 6.35. The van der Waals surface area contributed by atoms with Crippen molar-refractivity contribution in [1.82, 2.24) is 9.88 Å². The Balaban J connectivity index is 0.00000324. The molecule has 19 heavy (non-hydrogen) atoms. The summed E-state index contributed by atoms with van der Waals surface area (Å²) in [6, 6.07) is 3.49. The van der Waals surface area contributed by atoms with Crippen LogP contribution in [0.15, 0.2) is 23.3 Å². The Morgan fingerprint density at radius 1 is 1.47 bits per heavy atom. The minimum Gasteiger partial charge on any atom is -0.475 e. The molecule has 0 bridgehead atoms. The molecule has 0 radical (unpaired) electrons. The van der Waals surface area contributed by atoms with Gasteiger partial charge in [-0.05, 0) is 26.0 Å². The summed E-state index contributed by atoms with van der Waals surface area (Å²) >= 11 is 5.90. The lowest BCUT2D eigenvalue weighted by Gasteiger charge is -2.19. The molecule has 0 saturated heterocycles. The summed E-state index contributed by atoms with van der Waals surface area (Å²) in [4.78, 5) is 10.2. The third kappa shape index (κ3) is 6.29. The highest BCUT2D eigenvalue weighted by Gasteiger charge is 2.02. The second-order valence-electron chi connectivity index (χ2n) is 3.55. The largest absolute Gasteiger partial charge is 0.475 e. The van der Waals surface area contributed by atoms with Crippen LogP contribution in [0.3, 0.4) is 0 Å². The quantitative estimate of drug-likeness (QED) is 0.346. The van der Waals surface area contributed by atoms with Crippen LogP contribution in [0.1, 0.15) is 13.8 Å². The van der Waals surface area contributed by atoms with Gasteiger partial charge < -0.3 is 15.4 Å². The van der Waals surface area contributed by atoms with E-state index < -0.39 is 0 Å². The Morgan fingerprint density at radius 2 is 2.16 bits per heavy atom. The summed E-state index contributed by atoms with van der Waals surface area (Å²) in [6.45, 7) is 6.65. The van der Waals surface area contributed by atoms with Gasteiger partial charge in [-0.2, -0.15) is 0 Å². The van der Waals surface area contributed by atoms with Crippen LogP contribution in [0, 0.1) is 0 Å². The van der Waals surface area contributed by atoms with Crippen molar-refractivity contribution in [1.29, 1.82) is 0 Å². The highest BCUT2D eigenvalue weighted by Crippen LogP contribution is 2.19. The molecule has 0 spiro atoms. The molecule has 7 heteroatoms. The topological polar surface area (TPSA) is 63.7 Å². The maximum atomic E-state index is 5.90. The second-order valence-corrected chi connectivity index (χ2v) is 3.96. The summed E-state index contributed by atoms with van der Waals surface area (Å²) in [5.74, 6) is 0.964. The van der Waals surface area contributed by atoms with Crippen LogP contribution in [-0.4, -0.2) is 42.1 Å². The number of halogens is 2. The van der Waals surface area contributed by atoms with E-state index in [1.54, 1.807) is 18.3 Å². The van der Waals surface area contributed by atoms with Gasteiger partial charge >= 0.3 is 0 Å². The lowest BCUT2D eigenvalue weighted by Crippen LogP contribution is -2.37. The maximum absolute atomic E-state index is 5.90. The number of hydrogen-bond donors (Lipinski definition) is 1. The Bertz CT molecular complexity index is 399. The number of hydrogen-bond acceptors (Lipinski definition) is 3. The molecule has 0 aromatic carbocycles. The van der Waals surface area contributed by atoms with Gasteiger partial charge in [-0.3, -0.25) is 0 Å². The SMILES string of the molecule is CCN(CC)C(N)=NCCOc1ncccc1Cl.I. The summed E-state index contributed by atoms with van der Waals surface area (Å²) in [5, 5.41) is 0.498. The van der Waals surface area contributed by atoms with E-state index >= 15 is 0 Å². The van der Waals surface area contributed by atoms with Crippen molar-refractivity contribution < 1.29 is 4.74 Å². The number of aliphatic imine (C=N–C) groups is 1. The van der Waals surface area contributed by atoms with Crippen LogP contribution in [-0.2, 0) is 0 Å². The fraction of sp³-hybridized carbons (Fsp3) is 0.500. The lowest BCUT2D eigenvalue weighted by atomic mass is 10.5. The number of rotatable bonds is 6. The molecule has 108 valence electrons. The van der Waals surface area contributed by atoms with E-state index in [9.17, 15) is 0 Å². The number of aromatic nitrogens is 1. The molecule has 0 fully saturated rings. The van der Waals surface area contributed by atoms with Gasteiger partial charge in [0, 0.05) is 19.3 Å². The molecule has 0 aliphatic rings. The van der Waals surface area contributed by atoms with Crippen molar-refractivity contribution in [3.05, 3.63) is 23.4 Å². The Kier molecular flexibility index (Phi) is 9.68. The molecule has 1 aromatic heterocycles. The number of ether oxygens (including phenoxy) is 1. The molecular formula is C12H20ClIN4O. The third-order valence-electron chi connectivity index (χ3n) is 2.42. The van der Waals surface area contributed by atoms with Crippen LogP contribution < -0.4 is 10.5 Å². The Hall–Kier alpha value is -0.760. The normalized spacial score (nSPS) is 10.8. The van der Waals surface area contributed by atoms with Crippen molar-refractivity contribution in [2.45, 2.75) is 13.8 Å². The number of guanidine groups is 1. The highest BCUT2D eigenvalue weighted by atomic mass is 127. The summed E-state index contributed by atoms with van der Waals surface area (Å²) in [6.07, 6.45) is 1.63. The second kappa shape index (κ2) is 10.1. The van der Waals surface area contributed by atoms with Gasteiger partial charge in [0.05, 0.1) is 6.54 Å². The van der Waals surface area contributed by atoms with Crippen molar-refractivity contribution >= 4 is 41.5 Å². The van der Waals surface area contributed by atoms with Gasteiger partial charge in [0.1, 0.15) is 11.6 Å². The Labute approximate surface area is 136 Å². The zero-order chi connectivity index (χ0) is 13.4. The van der Waals surface area contributed by atoms with Gasteiger partial charge in [0.15, 0.2) is 5.96 Å². The van der Waals surface area contributed by atoms with Gasteiger partial charge in [0.2, 0.25) is 5.88 Å². The summed E-state index contributed by atoms with van der Waals surface area (Å²) in [5.41, 5.74) is 5.83. The molecule has 1 aromatic rings. The molecule has 0 aliphatic carbocycles. The smallest absolute Gasteiger partial charge is 0.232 e. The van der Waals surface area contributed by atoms with E-state index in [0.29, 0.717) is 30.0 Å². The first kappa shape index (κ1) is 18.2. The number of nitrogens with zero attached hydrogens (tertiary/aromatic N) is 3. The van der Waals surface area contributed by atoms with E-state index in [4.69, 9.17) is 22.1 Å². The standard InChI is InChI=1S/C12H19ClN4O.HI/c1-3-17(4-2)12(14)16-8-9-18-11-10(13)6-5-7-15-11;/h5-7H,3-4,8-9H2,1-2H3,(H2,14,16);1H. The van der Waals surface area contributed by atoms with Crippen LogP contribution >= 0.6 is 35.6 Å².